The highest BCUT2D eigenvalue weighted by atomic mass is 35.5. The summed E-state index contributed by atoms with van der Waals surface area (Å²) in [5.41, 5.74) is -0.146. The fraction of sp³-hybridized carbons (Fsp3) is 0.333. The van der Waals surface area contributed by atoms with Crippen molar-refractivity contribution in [3.05, 3.63) is 29.3 Å². The molecule has 0 aromatic heterocycles. The quantitative estimate of drug-likeness (QED) is 0.822. The Kier molecular flexibility index (Phi) is 2.72. The van der Waals surface area contributed by atoms with E-state index in [1.165, 1.54) is 6.92 Å². The zero-order valence-corrected chi connectivity index (χ0v) is 9.67. The third-order valence-electron chi connectivity index (χ3n) is 2.94. The number of hydrogen-bond donors (Lipinski definition) is 1. The van der Waals surface area contributed by atoms with Gasteiger partial charge in [0.2, 0.25) is 5.91 Å². The van der Waals surface area contributed by atoms with Crippen LogP contribution in [-0.4, -0.2) is 11.7 Å². The lowest BCUT2D eigenvalue weighted by atomic mass is 10.0. The Morgan fingerprint density at radius 2 is 2.06 bits per heavy atom. The summed E-state index contributed by atoms with van der Waals surface area (Å²) >= 11 is 5.80. The van der Waals surface area contributed by atoms with Crippen molar-refractivity contribution < 1.29 is 9.59 Å². The van der Waals surface area contributed by atoms with Crippen LogP contribution in [0, 0.1) is 5.41 Å². The first-order valence-corrected chi connectivity index (χ1v) is 5.50. The van der Waals surface area contributed by atoms with E-state index in [4.69, 9.17) is 11.6 Å². The molecule has 1 fully saturated rings. The summed E-state index contributed by atoms with van der Waals surface area (Å²) in [5.74, 6) is -0.283. The van der Waals surface area contributed by atoms with E-state index in [2.05, 4.69) is 5.32 Å². The fourth-order valence-corrected chi connectivity index (χ4v) is 1.87. The summed E-state index contributed by atoms with van der Waals surface area (Å²) in [5, 5.41) is 3.28. The molecule has 1 aliphatic carbocycles. The lowest BCUT2D eigenvalue weighted by Crippen LogP contribution is -2.29. The highest BCUT2D eigenvalue weighted by Gasteiger charge is 2.54. The van der Waals surface area contributed by atoms with E-state index < -0.39 is 5.41 Å². The van der Waals surface area contributed by atoms with Gasteiger partial charge in [-0.2, -0.15) is 0 Å². The van der Waals surface area contributed by atoms with Crippen LogP contribution in [0.2, 0.25) is 5.02 Å². The lowest BCUT2D eigenvalue weighted by Gasteiger charge is -2.11. The second-order valence-electron chi connectivity index (χ2n) is 4.10. The Morgan fingerprint density at radius 1 is 1.38 bits per heavy atom. The number of halogens is 1. The summed E-state index contributed by atoms with van der Waals surface area (Å²) in [6, 6.07) is 6.90. The van der Waals surface area contributed by atoms with Crippen LogP contribution in [0.1, 0.15) is 19.8 Å². The van der Waals surface area contributed by atoms with E-state index in [9.17, 15) is 9.59 Å². The van der Waals surface area contributed by atoms with Gasteiger partial charge in [-0.1, -0.05) is 17.7 Å². The van der Waals surface area contributed by atoms with Crippen LogP contribution >= 0.6 is 11.6 Å². The number of benzene rings is 1. The first-order chi connectivity index (χ1) is 7.54. The van der Waals surface area contributed by atoms with E-state index in [0.29, 0.717) is 23.6 Å². The second kappa shape index (κ2) is 3.91. The summed E-state index contributed by atoms with van der Waals surface area (Å²) < 4.78 is 0. The molecule has 0 radical (unpaired) electrons. The van der Waals surface area contributed by atoms with Crippen molar-refractivity contribution >= 4 is 29.0 Å². The molecule has 0 unspecified atom stereocenters. The maximum Gasteiger partial charge on any atom is 0.238 e. The third-order valence-corrected chi connectivity index (χ3v) is 3.18. The molecule has 1 aromatic carbocycles. The largest absolute Gasteiger partial charge is 0.325 e. The molecule has 0 atom stereocenters. The van der Waals surface area contributed by atoms with Crippen LogP contribution in [0.4, 0.5) is 5.69 Å². The lowest BCUT2D eigenvalue weighted by molar-refractivity contribution is -0.131. The molecular weight excluding hydrogens is 226 g/mol. The fourth-order valence-electron chi connectivity index (χ4n) is 1.68. The van der Waals surface area contributed by atoms with Gasteiger partial charge in [0.25, 0.3) is 0 Å². The standard InChI is InChI=1S/C12H12ClNO2/c1-8(15)12(5-6-12)11(16)14-10-4-2-3-9(13)7-10/h2-4,7H,5-6H2,1H3,(H,14,16). The summed E-state index contributed by atoms with van der Waals surface area (Å²) in [4.78, 5) is 23.2. The zero-order chi connectivity index (χ0) is 11.8. The number of carbonyl (C=O) groups excluding carboxylic acids is 2. The van der Waals surface area contributed by atoms with Crippen LogP contribution in [-0.2, 0) is 9.59 Å². The molecule has 1 amide bonds. The second-order valence-corrected chi connectivity index (χ2v) is 4.54. The van der Waals surface area contributed by atoms with Crippen LogP contribution in [0.3, 0.4) is 0 Å². The summed E-state index contributed by atoms with van der Waals surface area (Å²) in [6.45, 7) is 1.46. The molecule has 0 heterocycles. The van der Waals surface area contributed by atoms with E-state index in [0.717, 1.165) is 0 Å². The van der Waals surface area contributed by atoms with Gasteiger partial charge < -0.3 is 5.32 Å². The van der Waals surface area contributed by atoms with E-state index >= 15 is 0 Å². The van der Waals surface area contributed by atoms with Gasteiger partial charge >= 0.3 is 0 Å². The number of Topliss-reactive ketones (excluding diaryl/α,β-unsaturated/α-hetero) is 1. The van der Waals surface area contributed by atoms with Crippen LogP contribution in [0.5, 0.6) is 0 Å². The highest BCUT2D eigenvalue weighted by Crippen LogP contribution is 2.47. The van der Waals surface area contributed by atoms with E-state index in [-0.39, 0.29) is 11.7 Å². The zero-order valence-electron chi connectivity index (χ0n) is 8.92. The number of anilines is 1. The average molecular weight is 238 g/mol. The summed E-state index contributed by atoms with van der Waals surface area (Å²) in [7, 11) is 0. The monoisotopic (exact) mass is 237 g/mol. The molecule has 0 bridgehead atoms. The number of nitrogens with one attached hydrogen (secondary N) is 1. The minimum Gasteiger partial charge on any atom is -0.325 e. The van der Waals surface area contributed by atoms with Gasteiger partial charge in [0.15, 0.2) is 0 Å². The molecule has 0 aliphatic heterocycles. The van der Waals surface area contributed by atoms with Crippen molar-refractivity contribution in [1.29, 1.82) is 0 Å². The average Bonchev–Trinajstić information content (AvgIpc) is 2.97. The van der Waals surface area contributed by atoms with Crippen LogP contribution in [0.25, 0.3) is 0 Å². The van der Waals surface area contributed by atoms with Crippen molar-refractivity contribution in [2.24, 2.45) is 5.41 Å². The number of carbonyl (C=O) groups is 2. The van der Waals surface area contributed by atoms with E-state index in [1.807, 2.05) is 0 Å². The number of hydrogen-bond acceptors (Lipinski definition) is 2. The maximum atomic E-state index is 11.9. The molecule has 3 nitrogen and oxygen atoms in total. The Bertz CT molecular complexity index is 452. The van der Waals surface area contributed by atoms with Gasteiger partial charge in [-0.25, -0.2) is 0 Å². The molecular formula is C12H12ClNO2. The number of amides is 1. The topological polar surface area (TPSA) is 46.2 Å². The predicted molar refractivity (Wildman–Crippen MR) is 62.4 cm³/mol. The Hall–Kier alpha value is -1.35. The third kappa shape index (κ3) is 1.95. The van der Waals surface area contributed by atoms with Gasteiger partial charge in [-0.05, 0) is 38.0 Å². The first-order valence-electron chi connectivity index (χ1n) is 5.13. The van der Waals surface area contributed by atoms with Gasteiger partial charge in [-0.15, -0.1) is 0 Å². The molecule has 0 saturated heterocycles. The molecule has 1 saturated carbocycles. The maximum absolute atomic E-state index is 11.9. The molecule has 1 aliphatic rings. The summed E-state index contributed by atoms with van der Waals surface area (Å²) in [6.07, 6.45) is 1.30. The minimum atomic E-state index is -0.775. The molecule has 1 N–H and O–H groups in total. The van der Waals surface area contributed by atoms with Crippen LogP contribution < -0.4 is 5.32 Å². The normalized spacial score (nSPS) is 16.6. The smallest absolute Gasteiger partial charge is 0.238 e. The van der Waals surface area contributed by atoms with E-state index in [1.54, 1.807) is 24.3 Å². The van der Waals surface area contributed by atoms with Gasteiger partial charge in [-0.3, -0.25) is 9.59 Å². The number of ketones is 1. The van der Waals surface area contributed by atoms with Gasteiger partial charge in [0, 0.05) is 10.7 Å². The van der Waals surface area contributed by atoms with Crippen molar-refractivity contribution in [2.45, 2.75) is 19.8 Å². The highest BCUT2D eigenvalue weighted by molar-refractivity contribution is 6.31. The SMILES string of the molecule is CC(=O)C1(C(=O)Nc2cccc(Cl)c2)CC1. The van der Waals surface area contributed by atoms with Gasteiger partial charge in [0.1, 0.15) is 11.2 Å². The van der Waals surface area contributed by atoms with Crippen molar-refractivity contribution in [3.8, 4) is 0 Å². The molecule has 84 valence electrons. The number of rotatable bonds is 3. The van der Waals surface area contributed by atoms with Crippen molar-refractivity contribution in [3.63, 3.8) is 0 Å². The molecule has 2 rings (SSSR count). The Labute approximate surface area is 98.8 Å². The van der Waals surface area contributed by atoms with Crippen molar-refractivity contribution in [2.75, 3.05) is 5.32 Å². The predicted octanol–water partition coefficient (Wildman–Crippen LogP) is 2.65. The Balaban J connectivity index is 2.11. The molecule has 0 spiro atoms. The minimum absolute atomic E-state index is 0.0629. The Morgan fingerprint density at radius 3 is 2.56 bits per heavy atom. The first kappa shape index (κ1) is 11.1. The van der Waals surface area contributed by atoms with Crippen LogP contribution in [0.15, 0.2) is 24.3 Å². The molecule has 4 heteroatoms. The van der Waals surface area contributed by atoms with Crippen molar-refractivity contribution in [1.82, 2.24) is 0 Å². The molecule has 16 heavy (non-hydrogen) atoms. The van der Waals surface area contributed by atoms with Gasteiger partial charge in [0.05, 0.1) is 0 Å². The molecule has 1 aromatic rings.